The Balaban J connectivity index is 1.82. The molecule has 7 nitrogen and oxygen atoms in total. The first-order chi connectivity index (χ1) is 16.1. The molecule has 0 bridgehead atoms. The number of hydrogen-bond acceptors (Lipinski definition) is 6. The molecule has 0 amide bonds. The first-order valence-corrected chi connectivity index (χ1v) is 11.6. The van der Waals surface area contributed by atoms with Gasteiger partial charge >= 0.3 is 0 Å². The Labute approximate surface area is 201 Å². The molecule has 184 valence electrons. The Bertz CT molecular complexity index is 1200. The van der Waals surface area contributed by atoms with Crippen molar-refractivity contribution in [1.82, 2.24) is 24.6 Å². The van der Waals surface area contributed by atoms with E-state index in [1.165, 1.54) is 17.1 Å². The van der Waals surface area contributed by atoms with Crippen LogP contribution in [-0.2, 0) is 0 Å². The van der Waals surface area contributed by atoms with E-state index in [2.05, 4.69) is 33.8 Å². The molecule has 0 radical (unpaired) electrons. The van der Waals surface area contributed by atoms with Gasteiger partial charge in [0.1, 0.15) is 29.4 Å². The van der Waals surface area contributed by atoms with Crippen molar-refractivity contribution < 1.29 is 17.9 Å². The minimum absolute atomic E-state index is 0.000868. The fraction of sp³-hybridized carbons (Fsp3) is 0.522. The van der Waals surface area contributed by atoms with Gasteiger partial charge in [0.2, 0.25) is 0 Å². The third-order valence-corrected chi connectivity index (χ3v) is 6.36. The van der Waals surface area contributed by atoms with Crippen LogP contribution in [0.1, 0.15) is 62.9 Å². The zero-order valence-corrected chi connectivity index (χ0v) is 20.3. The maximum Gasteiger partial charge on any atom is 0.282 e. The number of likely N-dealkylation sites (tertiary alicyclic amines) is 1. The monoisotopic (exact) mass is 496 g/mol. The first-order valence-electron chi connectivity index (χ1n) is 11.3. The number of alkyl halides is 2. The lowest BCUT2D eigenvalue weighted by atomic mass is 9.87. The molecular weight excluding hydrogens is 469 g/mol. The van der Waals surface area contributed by atoms with Crippen molar-refractivity contribution in [2.24, 2.45) is 5.92 Å². The molecule has 3 heterocycles. The number of halogens is 4. The van der Waals surface area contributed by atoms with E-state index in [0.29, 0.717) is 42.5 Å². The van der Waals surface area contributed by atoms with Crippen molar-refractivity contribution in [3.63, 3.8) is 0 Å². The average Bonchev–Trinajstić information content (AvgIpc) is 3.15. The van der Waals surface area contributed by atoms with E-state index in [4.69, 9.17) is 22.1 Å². The number of hydrogen-bond donors (Lipinski definition) is 1. The first kappa shape index (κ1) is 24.5. The largest absolute Gasteiger partial charge is 0.493 e. The van der Waals surface area contributed by atoms with E-state index in [1.807, 2.05) is 6.92 Å². The average molecular weight is 497 g/mol. The minimum atomic E-state index is -2.87. The van der Waals surface area contributed by atoms with E-state index in [9.17, 15) is 8.78 Å². The summed E-state index contributed by atoms with van der Waals surface area (Å²) in [5, 5.41) is 4.06. The van der Waals surface area contributed by atoms with Crippen LogP contribution in [0, 0.1) is 11.7 Å². The Kier molecular flexibility index (Phi) is 6.91. The Morgan fingerprint density at radius 1 is 1.24 bits per heavy atom. The maximum absolute atomic E-state index is 15.3. The number of fused-ring (bicyclic) bond motifs is 1. The number of nitrogens with zero attached hydrogens (tertiary/aromatic N) is 5. The van der Waals surface area contributed by atoms with Gasteiger partial charge in [-0.2, -0.15) is 5.10 Å². The van der Waals surface area contributed by atoms with Crippen molar-refractivity contribution in [1.29, 1.82) is 0 Å². The van der Waals surface area contributed by atoms with E-state index in [0.717, 1.165) is 6.54 Å². The Morgan fingerprint density at radius 2 is 1.94 bits per heavy atom. The van der Waals surface area contributed by atoms with Gasteiger partial charge in [-0.05, 0) is 25.8 Å². The van der Waals surface area contributed by atoms with Gasteiger partial charge in [-0.15, -0.1) is 0 Å². The summed E-state index contributed by atoms with van der Waals surface area (Å²) >= 11 is 6.33. The zero-order chi connectivity index (χ0) is 24.7. The summed E-state index contributed by atoms with van der Waals surface area (Å²) < 4.78 is 50.1. The second kappa shape index (κ2) is 9.58. The molecule has 1 fully saturated rings. The third kappa shape index (κ3) is 4.29. The van der Waals surface area contributed by atoms with Gasteiger partial charge in [0.05, 0.1) is 23.1 Å². The van der Waals surface area contributed by atoms with Gasteiger partial charge in [0.25, 0.3) is 6.43 Å². The van der Waals surface area contributed by atoms with Gasteiger partial charge < -0.3 is 15.4 Å². The van der Waals surface area contributed by atoms with E-state index in [1.54, 1.807) is 6.92 Å². The lowest BCUT2D eigenvalue weighted by Crippen LogP contribution is -2.47. The molecule has 2 aromatic heterocycles. The highest BCUT2D eigenvalue weighted by atomic mass is 35.5. The molecule has 4 rings (SSSR count). The van der Waals surface area contributed by atoms with Gasteiger partial charge in [-0.1, -0.05) is 25.4 Å². The number of nitrogen functional groups attached to an aromatic ring is 1. The number of aromatic nitrogens is 4. The van der Waals surface area contributed by atoms with Crippen molar-refractivity contribution in [2.45, 2.75) is 46.1 Å². The van der Waals surface area contributed by atoms with Crippen LogP contribution < -0.4 is 10.5 Å². The van der Waals surface area contributed by atoms with Gasteiger partial charge in [0.15, 0.2) is 5.65 Å². The van der Waals surface area contributed by atoms with Crippen molar-refractivity contribution in [3.8, 4) is 5.75 Å². The third-order valence-electron chi connectivity index (χ3n) is 6.08. The number of anilines is 1. The van der Waals surface area contributed by atoms with Crippen LogP contribution in [0.2, 0.25) is 5.02 Å². The van der Waals surface area contributed by atoms with Crippen LogP contribution in [0.15, 0.2) is 12.4 Å². The highest BCUT2D eigenvalue weighted by Crippen LogP contribution is 2.44. The normalized spacial score (nSPS) is 15.9. The molecule has 34 heavy (non-hydrogen) atoms. The van der Waals surface area contributed by atoms with Crippen LogP contribution >= 0.6 is 11.6 Å². The van der Waals surface area contributed by atoms with Crippen molar-refractivity contribution >= 4 is 28.5 Å². The lowest BCUT2D eigenvalue weighted by Gasteiger charge is -2.41. The molecule has 1 saturated heterocycles. The fourth-order valence-electron chi connectivity index (χ4n) is 4.62. The Morgan fingerprint density at radius 3 is 2.56 bits per heavy atom. The Hall–Kier alpha value is -2.59. The van der Waals surface area contributed by atoms with Gasteiger partial charge in [-0.3, -0.25) is 0 Å². The summed E-state index contributed by atoms with van der Waals surface area (Å²) in [6.07, 6.45) is -1.67. The van der Waals surface area contributed by atoms with Crippen LogP contribution in [-0.4, -0.2) is 50.9 Å². The highest BCUT2D eigenvalue weighted by Gasteiger charge is 2.36. The summed E-state index contributed by atoms with van der Waals surface area (Å²) in [4.78, 5) is 10.2. The molecule has 1 atom stereocenters. The highest BCUT2D eigenvalue weighted by molar-refractivity contribution is 6.31. The number of rotatable bonds is 8. The summed E-state index contributed by atoms with van der Waals surface area (Å²) in [6, 6.07) is 0.829. The SMILES string of the molecule is CCOc1c(C(C)n2nc(C(F)F)c3c(N)ncnc32)cc(Cl)c(F)c1C1CN(CC(C)C)C1. The number of ether oxygens (including phenoxy) is 1. The minimum Gasteiger partial charge on any atom is -0.493 e. The smallest absolute Gasteiger partial charge is 0.282 e. The quantitative estimate of drug-likeness (QED) is 0.461. The second-order valence-electron chi connectivity index (χ2n) is 9.01. The molecular formula is C23H28ClF3N6O. The molecule has 11 heteroatoms. The molecule has 1 aliphatic rings. The standard InChI is InChI=1S/C23H28ClF3N6O/c1-5-34-20-14(6-15(24)18(25)16(20)13-8-32(9-13)7-11(2)3)12(4)33-23-17(19(31-33)21(26)27)22(28)29-10-30-23/h6,10-13,21H,5,7-9H2,1-4H3,(H2,28,29,30). The van der Waals surface area contributed by atoms with Crippen LogP contribution in [0.4, 0.5) is 19.0 Å². The predicted octanol–water partition coefficient (Wildman–Crippen LogP) is 5.20. The molecule has 1 aromatic carbocycles. The van der Waals surface area contributed by atoms with Gasteiger partial charge in [-0.25, -0.2) is 27.8 Å². The van der Waals surface area contributed by atoms with Crippen molar-refractivity contribution in [3.05, 3.63) is 40.1 Å². The second-order valence-corrected chi connectivity index (χ2v) is 9.42. The molecule has 0 spiro atoms. The van der Waals surface area contributed by atoms with Crippen molar-refractivity contribution in [2.75, 3.05) is 32.0 Å². The topological polar surface area (TPSA) is 82.1 Å². The van der Waals surface area contributed by atoms with Crippen LogP contribution in [0.5, 0.6) is 5.75 Å². The summed E-state index contributed by atoms with van der Waals surface area (Å²) in [5.41, 5.74) is 6.47. The summed E-state index contributed by atoms with van der Waals surface area (Å²) in [7, 11) is 0. The maximum atomic E-state index is 15.3. The molecule has 3 aromatic rings. The predicted molar refractivity (Wildman–Crippen MR) is 125 cm³/mol. The molecule has 2 N–H and O–H groups in total. The van der Waals surface area contributed by atoms with Crippen LogP contribution in [0.3, 0.4) is 0 Å². The molecule has 1 unspecified atom stereocenters. The van der Waals surface area contributed by atoms with Gasteiger partial charge in [0, 0.05) is 36.7 Å². The lowest BCUT2D eigenvalue weighted by molar-refractivity contribution is 0.126. The summed E-state index contributed by atoms with van der Waals surface area (Å²) in [6.45, 7) is 10.4. The van der Waals surface area contributed by atoms with E-state index in [-0.39, 0.29) is 27.8 Å². The van der Waals surface area contributed by atoms with Crippen LogP contribution in [0.25, 0.3) is 11.0 Å². The molecule has 0 saturated carbocycles. The fourth-order valence-corrected chi connectivity index (χ4v) is 4.84. The zero-order valence-electron chi connectivity index (χ0n) is 19.5. The molecule has 0 aliphatic carbocycles. The summed E-state index contributed by atoms with van der Waals surface area (Å²) in [5.74, 6) is 0.185. The number of nitrogens with two attached hydrogens (primary N) is 1. The molecule has 1 aliphatic heterocycles. The van der Waals surface area contributed by atoms with E-state index < -0.39 is 24.0 Å². The van der Waals surface area contributed by atoms with E-state index >= 15 is 4.39 Å². The number of benzene rings is 1.